The number of carbonyl (C=O) groups is 2. The van der Waals surface area contributed by atoms with E-state index >= 15 is 0 Å². The van der Waals surface area contributed by atoms with Crippen LogP contribution >= 0.6 is 12.4 Å². The highest BCUT2D eigenvalue weighted by Gasteiger charge is 2.09. The van der Waals surface area contributed by atoms with Crippen LogP contribution in [0.15, 0.2) is 24.3 Å². The van der Waals surface area contributed by atoms with E-state index < -0.39 is 0 Å². The van der Waals surface area contributed by atoms with Crippen molar-refractivity contribution in [2.24, 2.45) is 5.73 Å². The number of amides is 2. The van der Waals surface area contributed by atoms with Crippen molar-refractivity contribution in [3.8, 4) is 0 Å². The molecule has 0 heterocycles. The minimum Gasteiger partial charge on any atom is -0.348 e. The van der Waals surface area contributed by atoms with E-state index in [1.165, 1.54) is 0 Å². The summed E-state index contributed by atoms with van der Waals surface area (Å²) in [6.45, 7) is 3.99. The number of rotatable bonds is 5. The molecule has 0 radical (unpaired) electrons. The maximum absolute atomic E-state index is 11.8. The quantitative estimate of drug-likeness (QED) is 0.767. The van der Waals surface area contributed by atoms with E-state index in [-0.39, 0.29) is 30.3 Å². The van der Waals surface area contributed by atoms with Gasteiger partial charge in [-0.15, -0.1) is 12.4 Å². The molecule has 2 amide bonds. The van der Waals surface area contributed by atoms with E-state index in [1.54, 1.807) is 31.2 Å². The molecular weight excluding hydrogens is 266 g/mol. The van der Waals surface area contributed by atoms with Gasteiger partial charge in [-0.1, -0.05) is 13.0 Å². The predicted octanol–water partition coefficient (Wildman–Crippen LogP) is 1.53. The number of halogens is 1. The van der Waals surface area contributed by atoms with Gasteiger partial charge in [-0.25, -0.2) is 0 Å². The number of hydrogen-bond donors (Lipinski definition) is 3. The van der Waals surface area contributed by atoms with Crippen LogP contribution in [0.2, 0.25) is 0 Å². The first kappa shape index (κ1) is 17.4. The third kappa shape index (κ3) is 5.72. The maximum atomic E-state index is 11.8. The standard InChI is InChI=1S/C13H19N3O2.ClH/c1-3-12(17)16-11-6-4-5-10(7-11)13(18)15-9(2)8-14;/h4-7,9H,3,8,14H2,1-2H3,(H,15,18)(H,16,17);1H/t9-;/m0./s1. The second kappa shape index (κ2) is 8.50. The summed E-state index contributed by atoms with van der Waals surface area (Å²) in [5.41, 5.74) is 6.56. The Hall–Kier alpha value is -1.59. The van der Waals surface area contributed by atoms with Gasteiger partial charge in [-0.05, 0) is 25.1 Å². The van der Waals surface area contributed by atoms with Crippen LogP contribution in [-0.2, 0) is 4.79 Å². The van der Waals surface area contributed by atoms with Gasteiger partial charge in [0.05, 0.1) is 0 Å². The van der Waals surface area contributed by atoms with E-state index in [0.29, 0.717) is 24.2 Å². The van der Waals surface area contributed by atoms with Gasteiger partial charge >= 0.3 is 0 Å². The zero-order valence-electron chi connectivity index (χ0n) is 11.1. The molecule has 0 aliphatic carbocycles. The Morgan fingerprint density at radius 2 is 2.05 bits per heavy atom. The van der Waals surface area contributed by atoms with Gasteiger partial charge in [-0.3, -0.25) is 9.59 Å². The molecule has 0 bridgehead atoms. The number of anilines is 1. The smallest absolute Gasteiger partial charge is 0.251 e. The number of carbonyl (C=O) groups excluding carboxylic acids is 2. The summed E-state index contributed by atoms with van der Waals surface area (Å²) >= 11 is 0. The SMILES string of the molecule is CCC(=O)Nc1cccc(C(=O)N[C@@H](C)CN)c1.Cl. The first-order valence-electron chi connectivity index (χ1n) is 5.97. The zero-order valence-corrected chi connectivity index (χ0v) is 11.9. The predicted molar refractivity (Wildman–Crippen MR) is 78.6 cm³/mol. The van der Waals surface area contributed by atoms with E-state index in [4.69, 9.17) is 5.73 Å². The number of hydrogen-bond acceptors (Lipinski definition) is 3. The second-order valence-corrected chi connectivity index (χ2v) is 4.09. The Bertz CT molecular complexity index is 438. The average molecular weight is 286 g/mol. The van der Waals surface area contributed by atoms with Gasteiger partial charge in [0.2, 0.25) is 5.91 Å². The number of nitrogens with two attached hydrogens (primary N) is 1. The molecule has 0 saturated heterocycles. The summed E-state index contributed by atoms with van der Waals surface area (Å²) in [5, 5.41) is 5.47. The molecule has 1 aromatic carbocycles. The zero-order chi connectivity index (χ0) is 13.5. The Labute approximate surface area is 119 Å². The molecule has 1 aromatic rings. The lowest BCUT2D eigenvalue weighted by molar-refractivity contribution is -0.115. The van der Waals surface area contributed by atoms with E-state index in [1.807, 2.05) is 6.92 Å². The lowest BCUT2D eigenvalue weighted by atomic mass is 10.1. The Balaban J connectivity index is 0.00000324. The van der Waals surface area contributed by atoms with Crippen LogP contribution in [0, 0.1) is 0 Å². The van der Waals surface area contributed by atoms with Crippen molar-refractivity contribution in [2.45, 2.75) is 26.3 Å². The van der Waals surface area contributed by atoms with Gasteiger partial charge in [0.1, 0.15) is 0 Å². The van der Waals surface area contributed by atoms with Crippen molar-refractivity contribution in [3.05, 3.63) is 29.8 Å². The fourth-order valence-electron chi connectivity index (χ4n) is 1.35. The first-order valence-corrected chi connectivity index (χ1v) is 5.97. The summed E-state index contributed by atoms with van der Waals surface area (Å²) in [5.74, 6) is -0.275. The van der Waals surface area contributed by atoms with Crippen LogP contribution < -0.4 is 16.4 Å². The highest BCUT2D eigenvalue weighted by molar-refractivity contribution is 5.97. The largest absolute Gasteiger partial charge is 0.348 e. The summed E-state index contributed by atoms with van der Waals surface area (Å²) in [4.78, 5) is 23.1. The second-order valence-electron chi connectivity index (χ2n) is 4.09. The molecular formula is C13H20ClN3O2. The van der Waals surface area contributed by atoms with Gasteiger partial charge in [0.15, 0.2) is 0 Å². The normalized spacial score (nSPS) is 11.1. The van der Waals surface area contributed by atoms with Gasteiger partial charge in [0, 0.05) is 30.3 Å². The third-order valence-electron chi connectivity index (χ3n) is 2.46. The molecule has 0 unspecified atom stereocenters. The number of nitrogens with one attached hydrogen (secondary N) is 2. The molecule has 4 N–H and O–H groups in total. The van der Waals surface area contributed by atoms with Crippen LogP contribution in [0.4, 0.5) is 5.69 Å². The van der Waals surface area contributed by atoms with Crippen LogP contribution in [0.5, 0.6) is 0 Å². The van der Waals surface area contributed by atoms with E-state index in [2.05, 4.69) is 10.6 Å². The van der Waals surface area contributed by atoms with Crippen molar-refractivity contribution in [2.75, 3.05) is 11.9 Å². The summed E-state index contributed by atoms with van der Waals surface area (Å²) in [6, 6.07) is 6.74. The Morgan fingerprint density at radius 1 is 1.37 bits per heavy atom. The molecule has 0 aliphatic heterocycles. The molecule has 0 spiro atoms. The molecule has 19 heavy (non-hydrogen) atoms. The highest BCUT2D eigenvalue weighted by Crippen LogP contribution is 2.11. The molecule has 1 atom stereocenters. The molecule has 0 aliphatic rings. The molecule has 1 rings (SSSR count). The molecule has 0 fully saturated rings. The Kier molecular flexibility index (Phi) is 7.79. The van der Waals surface area contributed by atoms with Crippen molar-refractivity contribution >= 4 is 29.9 Å². The monoisotopic (exact) mass is 285 g/mol. The highest BCUT2D eigenvalue weighted by atomic mass is 35.5. The van der Waals surface area contributed by atoms with Crippen LogP contribution in [0.1, 0.15) is 30.6 Å². The minimum absolute atomic E-state index is 0. The third-order valence-corrected chi connectivity index (χ3v) is 2.46. The lowest BCUT2D eigenvalue weighted by Gasteiger charge is -2.12. The van der Waals surface area contributed by atoms with Gasteiger partial charge in [-0.2, -0.15) is 0 Å². The average Bonchev–Trinajstić information content (AvgIpc) is 2.38. The van der Waals surface area contributed by atoms with Crippen LogP contribution in [-0.4, -0.2) is 24.4 Å². The fourth-order valence-corrected chi connectivity index (χ4v) is 1.35. The summed E-state index contributed by atoms with van der Waals surface area (Å²) < 4.78 is 0. The fraction of sp³-hybridized carbons (Fsp3) is 0.385. The van der Waals surface area contributed by atoms with Gasteiger partial charge < -0.3 is 16.4 Å². The summed E-state index contributed by atoms with van der Waals surface area (Å²) in [6.07, 6.45) is 0.403. The first-order chi connectivity index (χ1) is 8.56. The van der Waals surface area contributed by atoms with Gasteiger partial charge in [0.25, 0.3) is 5.91 Å². The number of benzene rings is 1. The van der Waals surface area contributed by atoms with E-state index in [0.717, 1.165) is 0 Å². The van der Waals surface area contributed by atoms with Crippen LogP contribution in [0.3, 0.4) is 0 Å². The van der Waals surface area contributed by atoms with Crippen molar-refractivity contribution in [3.63, 3.8) is 0 Å². The topological polar surface area (TPSA) is 84.2 Å². The molecule has 0 aromatic heterocycles. The minimum atomic E-state index is -0.194. The van der Waals surface area contributed by atoms with Crippen LogP contribution in [0.25, 0.3) is 0 Å². The van der Waals surface area contributed by atoms with E-state index in [9.17, 15) is 9.59 Å². The Morgan fingerprint density at radius 3 is 2.63 bits per heavy atom. The molecule has 5 nitrogen and oxygen atoms in total. The van der Waals surface area contributed by atoms with Crippen molar-refractivity contribution in [1.82, 2.24) is 5.32 Å². The van der Waals surface area contributed by atoms with Crippen molar-refractivity contribution < 1.29 is 9.59 Å². The molecule has 0 saturated carbocycles. The maximum Gasteiger partial charge on any atom is 0.251 e. The molecule has 6 heteroatoms. The lowest BCUT2D eigenvalue weighted by Crippen LogP contribution is -2.37. The molecule has 106 valence electrons. The summed E-state index contributed by atoms with van der Waals surface area (Å²) in [7, 11) is 0. The van der Waals surface area contributed by atoms with Crippen molar-refractivity contribution in [1.29, 1.82) is 0 Å².